The minimum Gasteiger partial charge on any atom is -0.383 e. The van der Waals surface area contributed by atoms with Crippen LogP contribution in [0.1, 0.15) is 25.7 Å². The molecule has 2 nitrogen and oxygen atoms in total. The van der Waals surface area contributed by atoms with E-state index in [9.17, 15) is 0 Å². The van der Waals surface area contributed by atoms with Crippen molar-refractivity contribution in [3.05, 3.63) is 6.42 Å². The van der Waals surface area contributed by atoms with Crippen LogP contribution in [0, 0.1) is 18.8 Å². The van der Waals surface area contributed by atoms with Gasteiger partial charge in [0.2, 0.25) is 0 Å². The van der Waals surface area contributed by atoms with Gasteiger partial charge in [-0.25, -0.2) is 0 Å². The zero-order valence-corrected chi connectivity index (χ0v) is 6.55. The standard InChI is InChI=1S/C9H12NO/c1-2-8-11-10-9-6-4-3-5-7-9/h1,3H,4-8H2. The van der Waals surface area contributed by atoms with Crippen molar-refractivity contribution in [1.29, 1.82) is 0 Å². The number of hydrogen-bond donors (Lipinski definition) is 0. The van der Waals surface area contributed by atoms with Crippen LogP contribution in [0.4, 0.5) is 0 Å². The highest BCUT2D eigenvalue weighted by molar-refractivity contribution is 5.84. The van der Waals surface area contributed by atoms with Gasteiger partial charge < -0.3 is 4.84 Å². The zero-order chi connectivity index (χ0) is 7.94. The summed E-state index contributed by atoms with van der Waals surface area (Å²) in [4.78, 5) is 4.86. The molecule has 0 saturated heterocycles. The third kappa shape index (κ3) is 3.08. The van der Waals surface area contributed by atoms with Crippen LogP contribution in [0.3, 0.4) is 0 Å². The molecule has 0 spiro atoms. The van der Waals surface area contributed by atoms with Gasteiger partial charge in [-0.1, -0.05) is 11.1 Å². The van der Waals surface area contributed by atoms with Crippen LogP contribution < -0.4 is 0 Å². The Morgan fingerprint density at radius 3 is 2.91 bits per heavy atom. The number of rotatable bonds is 2. The minimum absolute atomic E-state index is 0.285. The number of nitrogens with zero attached hydrogens (tertiary/aromatic N) is 1. The first-order chi connectivity index (χ1) is 5.43. The van der Waals surface area contributed by atoms with Crippen LogP contribution in [-0.2, 0) is 4.84 Å². The van der Waals surface area contributed by atoms with E-state index in [0.29, 0.717) is 0 Å². The predicted molar refractivity (Wildman–Crippen MR) is 45.0 cm³/mol. The van der Waals surface area contributed by atoms with E-state index in [0.717, 1.165) is 31.4 Å². The molecule has 2 heteroatoms. The summed E-state index contributed by atoms with van der Waals surface area (Å²) >= 11 is 0. The summed E-state index contributed by atoms with van der Waals surface area (Å²) in [5, 5.41) is 3.93. The van der Waals surface area contributed by atoms with Gasteiger partial charge in [0.1, 0.15) is 0 Å². The normalized spacial score (nSPS) is 17.2. The van der Waals surface area contributed by atoms with Crippen molar-refractivity contribution in [3.63, 3.8) is 0 Å². The SMILES string of the molecule is C#CCON=C1CC[CH]CC1. The molecule has 0 amide bonds. The minimum atomic E-state index is 0.285. The highest BCUT2D eigenvalue weighted by Crippen LogP contribution is 2.13. The van der Waals surface area contributed by atoms with Gasteiger partial charge in [-0.15, -0.1) is 6.42 Å². The van der Waals surface area contributed by atoms with E-state index in [1.807, 2.05) is 0 Å². The van der Waals surface area contributed by atoms with Gasteiger partial charge in [0.05, 0.1) is 5.71 Å². The van der Waals surface area contributed by atoms with Gasteiger partial charge in [0.25, 0.3) is 0 Å². The number of terminal acetylenes is 1. The van der Waals surface area contributed by atoms with Crippen molar-refractivity contribution >= 4 is 5.71 Å². The third-order valence-electron chi connectivity index (χ3n) is 1.62. The molecule has 0 aromatic heterocycles. The van der Waals surface area contributed by atoms with Gasteiger partial charge in [0, 0.05) is 0 Å². The van der Waals surface area contributed by atoms with Gasteiger partial charge in [-0.2, -0.15) is 0 Å². The van der Waals surface area contributed by atoms with Crippen LogP contribution >= 0.6 is 0 Å². The van der Waals surface area contributed by atoms with Gasteiger partial charge in [0.15, 0.2) is 6.61 Å². The van der Waals surface area contributed by atoms with Gasteiger partial charge >= 0.3 is 0 Å². The second-order valence-electron chi connectivity index (χ2n) is 2.50. The van der Waals surface area contributed by atoms with Crippen LogP contribution in [-0.4, -0.2) is 12.3 Å². The first-order valence-corrected chi connectivity index (χ1v) is 3.86. The lowest BCUT2D eigenvalue weighted by Gasteiger charge is -2.10. The van der Waals surface area contributed by atoms with E-state index in [-0.39, 0.29) is 6.61 Å². The molecule has 11 heavy (non-hydrogen) atoms. The lowest BCUT2D eigenvalue weighted by atomic mass is 9.99. The van der Waals surface area contributed by atoms with Crippen molar-refractivity contribution in [2.75, 3.05) is 6.61 Å². The van der Waals surface area contributed by atoms with Crippen LogP contribution in [0.25, 0.3) is 0 Å². The fourth-order valence-corrected chi connectivity index (χ4v) is 1.06. The Labute approximate surface area is 67.6 Å². The van der Waals surface area contributed by atoms with Crippen LogP contribution in [0.15, 0.2) is 5.16 Å². The fraction of sp³-hybridized carbons (Fsp3) is 0.556. The average Bonchev–Trinajstić information content (AvgIpc) is 2.07. The number of oxime groups is 1. The predicted octanol–water partition coefficient (Wildman–Crippen LogP) is 1.77. The van der Waals surface area contributed by atoms with E-state index in [1.54, 1.807) is 0 Å². The third-order valence-corrected chi connectivity index (χ3v) is 1.62. The molecule has 0 aromatic rings. The first-order valence-electron chi connectivity index (χ1n) is 3.86. The molecule has 1 aliphatic rings. The second kappa shape index (κ2) is 4.79. The van der Waals surface area contributed by atoms with E-state index in [4.69, 9.17) is 11.3 Å². The Kier molecular flexibility index (Phi) is 3.54. The molecule has 1 aliphatic carbocycles. The topological polar surface area (TPSA) is 21.6 Å². The molecule has 0 N–H and O–H groups in total. The molecule has 0 unspecified atom stereocenters. The maximum absolute atomic E-state index is 4.99. The second-order valence-corrected chi connectivity index (χ2v) is 2.50. The van der Waals surface area contributed by atoms with E-state index < -0.39 is 0 Å². The van der Waals surface area contributed by atoms with E-state index in [2.05, 4.69) is 17.5 Å². The summed E-state index contributed by atoms with van der Waals surface area (Å²) < 4.78 is 0. The summed E-state index contributed by atoms with van der Waals surface area (Å²) in [6, 6.07) is 0. The highest BCUT2D eigenvalue weighted by atomic mass is 16.6. The molecular weight excluding hydrogens is 138 g/mol. The monoisotopic (exact) mass is 150 g/mol. The maximum Gasteiger partial charge on any atom is 0.177 e. The molecule has 0 atom stereocenters. The van der Waals surface area contributed by atoms with Crippen LogP contribution in [0.2, 0.25) is 0 Å². The molecule has 1 fully saturated rings. The Balaban J connectivity index is 2.22. The summed E-state index contributed by atoms with van der Waals surface area (Å²) in [6.07, 6.45) is 11.6. The molecule has 1 rings (SSSR count). The van der Waals surface area contributed by atoms with Crippen molar-refractivity contribution in [2.45, 2.75) is 25.7 Å². The molecular formula is C9H12NO. The molecule has 0 aromatic carbocycles. The smallest absolute Gasteiger partial charge is 0.177 e. The molecule has 0 bridgehead atoms. The van der Waals surface area contributed by atoms with E-state index in [1.165, 1.54) is 0 Å². The Morgan fingerprint density at radius 1 is 1.55 bits per heavy atom. The van der Waals surface area contributed by atoms with Crippen molar-refractivity contribution in [2.24, 2.45) is 5.16 Å². The lowest BCUT2D eigenvalue weighted by Crippen LogP contribution is -2.05. The average molecular weight is 150 g/mol. The van der Waals surface area contributed by atoms with Crippen LogP contribution in [0.5, 0.6) is 0 Å². The fourth-order valence-electron chi connectivity index (χ4n) is 1.06. The number of hydrogen-bond acceptors (Lipinski definition) is 2. The van der Waals surface area contributed by atoms with Crippen molar-refractivity contribution in [3.8, 4) is 12.3 Å². The zero-order valence-electron chi connectivity index (χ0n) is 6.55. The first kappa shape index (κ1) is 8.13. The molecule has 0 heterocycles. The lowest BCUT2D eigenvalue weighted by molar-refractivity contribution is 0.178. The van der Waals surface area contributed by atoms with E-state index >= 15 is 0 Å². The summed E-state index contributed by atoms with van der Waals surface area (Å²) in [5.41, 5.74) is 1.14. The molecule has 0 aliphatic heterocycles. The Morgan fingerprint density at radius 2 is 2.27 bits per heavy atom. The summed E-state index contributed by atoms with van der Waals surface area (Å²) in [7, 11) is 0. The van der Waals surface area contributed by atoms with Crippen molar-refractivity contribution in [1.82, 2.24) is 0 Å². The Hall–Kier alpha value is -0.970. The summed E-state index contributed by atoms with van der Waals surface area (Å²) in [6.45, 7) is 0.285. The quantitative estimate of drug-likeness (QED) is 0.334. The van der Waals surface area contributed by atoms with Crippen molar-refractivity contribution < 1.29 is 4.84 Å². The Bertz CT molecular complexity index is 170. The van der Waals surface area contributed by atoms with Gasteiger partial charge in [-0.05, 0) is 32.1 Å². The molecule has 1 saturated carbocycles. The largest absolute Gasteiger partial charge is 0.383 e. The van der Waals surface area contributed by atoms with Gasteiger partial charge in [-0.3, -0.25) is 0 Å². The maximum atomic E-state index is 4.99. The highest BCUT2D eigenvalue weighted by Gasteiger charge is 2.06. The molecule has 1 radical (unpaired) electrons. The summed E-state index contributed by atoms with van der Waals surface area (Å²) in [5.74, 6) is 2.37. The molecule has 59 valence electrons.